The van der Waals surface area contributed by atoms with Crippen molar-refractivity contribution in [1.29, 1.82) is 0 Å². The molecular formula is C16H26N4O2S. The number of fused-ring (bicyclic) bond motifs is 1. The normalized spacial score (nSPS) is 12.3. The van der Waals surface area contributed by atoms with E-state index in [0.717, 1.165) is 37.1 Å². The fourth-order valence-corrected chi connectivity index (χ4v) is 3.59. The van der Waals surface area contributed by atoms with E-state index in [9.17, 15) is 8.42 Å². The van der Waals surface area contributed by atoms with Gasteiger partial charge in [-0.2, -0.15) is 0 Å². The number of hydrogen-bond acceptors (Lipinski definition) is 4. The van der Waals surface area contributed by atoms with Crippen LogP contribution in [0.5, 0.6) is 0 Å². The fraction of sp³-hybridized carbons (Fsp3) is 0.562. The highest BCUT2D eigenvalue weighted by molar-refractivity contribution is 7.89. The summed E-state index contributed by atoms with van der Waals surface area (Å²) in [5.41, 5.74) is 1.85. The van der Waals surface area contributed by atoms with Gasteiger partial charge >= 0.3 is 0 Å². The summed E-state index contributed by atoms with van der Waals surface area (Å²) in [5, 5.41) is 0. The average Bonchev–Trinajstić information content (AvgIpc) is 2.96. The summed E-state index contributed by atoms with van der Waals surface area (Å²) in [6.45, 7) is 8.04. The van der Waals surface area contributed by atoms with Gasteiger partial charge in [0.15, 0.2) is 0 Å². The van der Waals surface area contributed by atoms with E-state index in [1.165, 1.54) is 0 Å². The van der Waals surface area contributed by atoms with E-state index < -0.39 is 10.0 Å². The van der Waals surface area contributed by atoms with Gasteiger partial charge in [-0.1, -0.05) is 26.0 Å². The van der Waals surface area contributed by atoms with Crippen LogP contribution in [0.3, 0.4) is 0 Å². The van der Waals surface area contributed by atoms with Crippen molar-refractivity contribution in [3.05, 3.63) is 30.6 Å². The molecule has 0 bridgehead atoms. The maximum Gasteiger partial charge on any atom is 0.213 e. The van der Waals surface area contributed by atoms with Crippen LogP contribution in [0, 0.1) is 0 Å². The molecule has 0 unspecified atom stereocenters. The lowest BCUT2D eigenvalue weighted by Gasteiger charge is -2.17. The Hall–Kier alpha value is -1.44. The maximum absolute atomic E-state index is 12.1. The van der Waals surface area contributed by atoms with Gasteiger partial charge < -0.3 is 9.47 Å². The molecule has 7 heteroatoms. The number of benzene rings is 1. The highest BCUT2D eigenvalue weighted by atomic mass is 32.2. The zero-order valence-electron chi connectivity index (χ0n) is 13.9. The first-order chi connectivity index (χ1) is 11.1. The lowest BCUT2D eigenvalue weighted by molar-refractivity contribution is 0.300. The van der Waals surface area contributed by atoms with Crippen LogP contribution in [0.1, 0.15) is 20.3 Å². The molecule has 128 valence electrons. The predicted octanol–water partition coefficient (Wildman–Crippen LogP) is 1.69. The molecule has 0 spiro atoms. The number of aryl methyl sites for hydroxylation is 1. The maximum atomic E-state index is 12.1. The second-order valence-corrected chi connectivity index (χ2v) is 7.45. The van der Waals surface area contributed by atoms with Crippen molar-refractivity contribution in [2.75, 3.05) is 31.9 Å². The second kappa shape index (κ2) is 8.42. The van der Waals surface area contributed by atoms with E-state index in [1.54, 1.807) is 6.33 Å². The lowest BCUT2D eigenvalue weighted by atomic mass is 10.3. The van der Waals surface area contributed by atoms with Crippen molar-refractivity contribution in [1.82, 2.24) is 19.2 Å². The molecule has 1 N–H and O–H groups in total. The average molecular weight is 338 g/mol. The zero-order valence-corrected chi connectivity index (χ0v) is 14.7. The number of aromatic nitrogens is 2. The Kier molecular flexibility index (Phi) is 6.56. The van der Waals surface area contributed by atoms with Crippen LogP contribution in [0.25, 0.3) is 11.0 Å². The highest BCUT2D eigenvalue weighted by Crippen LogP contribution is 2.11. The Morgan fingerprint density at radius 2 is 1.96 bits per heavy atom. The quantitative estimate of drug-likeness (QED) is 0.670. The molecule has 23 heavy (non-hydrogen) atoms. The van der Waals surface area contributed by atoms with Gasteiger partial charge in [-0.05, 0) is 38.2 Å². The molecule has 0 amide bonds. The molecule has 1 heterocycles. The van der Waals surface area contributed by atoms with Crippen LogP contribution in [-0.4, -0.2) is 54.8 Å². The summed E-state index contributed by atoms with van der Waals surface area (Å²) < 4.78 is 28.7. The SMILES string of the molecule is CCN(CC)CCCNS(=O)(=O)CCn1cnc2ccccc21. The van der Waals surface area contributed by atoms with E-state index in [-0.39, 0.29) is 5.75 Å². The topological polar surface area (TPSA) is 67.2 Å². The monoisotopic (exact) mass is 338 g/mol. The van der Waals surface area contributed by atoms with Gasteiger partial charge in [-0.3, -0.25) is 0 Å². The van der Waals surface area contributed by atoms with Crippen molar-refractivity contribution in [2.24, 2.45) is 0 Å². The van der Waals surface area contributed by atoms with Crippen molar-refractivity contribution in [2.45, 2.75) is 26.8 Å². The predicted molar refractivity (Wildman–Crippen MR) is 93.9 cm³/mol. The zero-order chi connectivity index (χ0) is 16.7. The van der Waals surface area contributed by atoms with E-state index in [4.69, 9.17) is 0 Å². The van der Waals surface area contributed by atoms with Crippen LogP contribution in [0.15, 0.2) is 30.6 Å². The first kappa shape index (κ1) is 17.9. The van der Waals surface area contributed by atoms with E-state index in [2.05, 4.69) is 28.5 Å². The Morgan fingerprint density at radius 1 is 1.22 bits per heavy atom. The molecule has 0 radical (unpaired) electrons. The van der Waals surface area contributed by atoms with Crippen LogP contribution in [0.2, 0.25) is 0 Å². The second-order valence-electron chi connectivity index (χ2n) is 5.52. The van der Waals surface area contributed by atoms with Gasteiger partial charge in [-0.25, -0.2) is 18.1 Å². The molecule has 2 aromatic rings. The molecule has 0 atom stereocenters. The minimum absolute atomic E-state index is 0.0681. The van der Waals surface area contributed by atoms with Gasteiger partial charge in [0, 0.05) is 13.1 Å². The number of para-hydroxylation sites is 2. The molecule has 0 aliphatic rings. The van der Waals surface area contributed by atoms with Gasteiger partial charge in [0.25, 0.3) is 0 Å². The number of nitrogens with zero attached hydrogens (tertiary/aromatic N) is 3. The molecule has 0 fully saturated rings. The molecule has 0 aliphatic heterocycles. The Balaban J connectivity index is 1.80. The number of hydrogen-bond donors (Lipinski definition) is 1. The first-order valence-electron chi connectivity index (χ1n) is 8.15. The highest BCUT2D eigenvalue weighted by Gasteiger charge is 2.11. The van der Waals surface area contributed by atoms with Gasteiger partial charge in [0.2, 0.25) is 10.0 Å². The van der Waals surface area contributed by atoms with Crippen LogP contribution >= 0.6 is 0 Å². The van der Waals surface area contributed by atoms with Crippen LogP contribution in [-0.2, 0) is 16.6 Å². The summed E-state index contributed by atoms with van der Waals surface area (Å²) in [5.74, 6) is 0.0681. The fourth-order valence-electron chi connectivity index (χ4n) is 2.55. The third kappa shape index (κ3) is 5.30. The third-order valence-corrected chi connectivity index (χ3v) is 5.36. The summed E-state index contributed by atoms with van der Waals surface area (Å²) >= 11 is 0. The minimum atomic E-state index is -3.25. The van der Waals surface area contributed by atoms with Gasteiger partial charge in [0.05, 0.1) is 23.1 Å². The van der Waals surface area contributed by atoms with E-state index in [0.29, 0.717) is 13.1 Å². The molecule has 0 saturated carbocycles. The number of nitrogens with one attached hydrogen (secondary N) is 1. The molecule has 1 aromatic heterocycles. The molecule has 2 rings (SSSR count). The third-order valence-electron chi connectivity index (χ3n) is 4.00. The number of imidazole rings is 1. The first-order valence-corrected chi connectivity index (χ1v) is 9.80. The van der Waals surface area contributed by atoms with Crippen molar-refractivity contribution in [3.8, 4) is 0 Å². The van der Waals surface area contributed by atoms with E-state index >= 15 is 0 Å². The molecule has 1 aromatic carbocycles. The smallest absolute Gasteiger partial charge is 0.213 e. The Labute approximate surface area is 138 Å². The minimum Gasteiger partial charge on any atom is -0.330 e. The summed E-state index contributed by atoms with van der Waals surface area (Å²) in [4.78, 5) is 6.56. The summed E-state index contributed by atoms with van der Waals surface area (Å²) in [6, 6.07) is 7.73. The Morgan fingerprint density at radius 3 is 2.70 bits per heavy atom. The van der Waals surface area contributed by atoms with Crippen molar-refractivity contribution >= 4 is 21.1 Å². The van der Waals surface area contributed by atoms with Crippen LogP contribution in [0.4, 0.5) is 0 Å². The van der Waals surface area contributed by atoms with Crippen LogP contribution < -0.4 is 4.72 Å². The van der Waals surface area contributed by atoms with Crippen molar-refractivity contribution in [3.63, 3.8) is 0 Å². The summed E-state index contributed by atoms with van der Waals surface area (Å²) in [7, 11) is -3.25. The van der Waals surface area contributed by atoms with Gasteiger partial charge in [0.1, 0.15) is 0 Å². The van der Waals surface area contributed by atoms with E-state index in [1.807, 2.05) is 28.8 Å². The Bertz CT molecular complexity index is 708. The molecule has 0 aliphatic carbocycles. The molecular weight excluding hydrogens is 312 g/mol. The molecule has 6 nitrogen and oxygen atoms in total. The summed E-state index contributed by atoms with van der Waals surface area (Å²) in [6.07, 6.45) is 2.52. The largest absolute Gasteiger partial charge is 0.330 e. The lowest BCUT2D eigenvalue weighted by Crippen LogP contribution is -2.32. The molecule has 0 saturated heterocycles. The van der Waals surface area contributed by atoms with Gasteiger partial charge in [-0.15, -0.1) is 0 Å². The standard InChI is InChI=1S/C16H26N4O2S/c1-3-19(4-2)11-7-10-18-23(21,22)13-12-20-14-17-15-8-5-6-9-16(15)20/h5-6,8-9,14,18H,3-4,7,10-13H2,1-2H3. The van der Waals surface area contributed by atoms with Crippen molar-refractivity contribution < 1.29 is 8.42 Å². The number of rotatable bonds is 10. The number of sulfonamides is 1.